The molecule has 0 radical (unpaired) electrons. The Morgan fingerprint density at radius 2 is 1.25 bits per heavy atom. The van der Waals surface area contributed by atoms with Gasteiger partial charge in [-0.25, -0.2) is 4.79 Å². The predicted octanol–water partition coefficient (Wildman–Crippen LogP) is -10.3. The topological polar surface area (TPSA) is 423 Å². The van der Waals surface area contributed by atoms with Crippen molar-refractivity contribution in [3.63, 3.8) is 0 Å². The molecular formula is C31H52N2O24. The quantitative estimate of drug-likeness (QED) is 0.0728. The van der Waals surface area contributed by atoms with Crippen LogP contribution in [0.1, 0.15) is 20.3 Å². The highest BCUT2D eigenvalue weighted by Gasteiger charge is 2.61. The number of aliphatic carboxylic acids is 1. The third-order valence-corrected chi connectivity index (χ3v) is 10.0. The van der Waals surface area contributed by atoms with Gasteiger partial charge in [0.15, 0.2) is 18.9 Å². The number of amides is 2. The normalized spacial score (nSPS) is 45.1. The molecule has 330 valence electrons. The molecule has 0 bridgehead atoms. The number of hydrogen-bond acceptors (Lipinski definition) is 23. The average molecular weight is 837 g/mol. The Labute approximate surface area is 322 Å². The molecule has 26 heteroatoms. The molecule has 21 atom stereocenters. The minimum absolute atomic E-state index is 0.792. The van der Waals surface area contributed by atoms with Gasteiger partial charge in [-0.15, -0.1) is 0 Å². The third-order valence-electron chi connectivity index (χ3n) is 10.0. The molecule has 0 spiro atoms. The first-order valence-corrected chi connectivity index (χ1v) is 17.7. The van der Waals surface area contributed by atoms with Gasteiger partial charge in [0.05, 0.1) is 38.6 Å². The van der Waals surface area contributed by atoms with Crippen LogP contribution in [0.4, 0.5) is 0 Å². The third kappa shape index (κ3) is 10.2. The summed E-state index contributed by atoms with van der Waals surface area (Å²) in [5.74, 6) is -6.99. The predicted molar refractivity (Wildman–Crippen MR) is 174 cm³/mol. The van der Waals surface area contributed by atoms with Gasteiger partial charge in [-0.1, -0.05) is 0 Å². The molecule has 0 saturated carbocycles. The number of carboxylic acid groups (broad SMARTS) is 1. The van der Waals surface area contributed by atoms with Gasteiger partial charge in [0.25, 0.3) is 5.79 Å². The second-order valence-corrected chi connectivity index (χ2v) is 14.0. The van der Waals surface area contributed by atoms with Crippen molar-refractivity contribution in [1.29, 1.82) is 0 Å². The number of rotatable bonds is 15. The molecule has 57 heavy (non-hydrogen) atoms. The monoisotopic (exact) mass is 836 g/mol. The van der Waals surface area contributed by atoms with Crippen molar-refractivity contribution in [1.82, 2.24) is 10.6 Å². The lowest BCUT2D eigenvalue weighted by Gasteiger charge is -2.52. The Kier molecular flexibility index (Phi) is 16.4. The Bertz CT molecular complexity index is 1350. The van der Waals surface area contributed by atoms with Crippen molar-refractivity contribution in [2.45, 2.75) is 149 Å². The van der Waals surface area contributed by atoms with E-state index in [1.165, 1.54) is 0 Å². The minimum atomic E-state index is -3.25. The second kappa shape index (κ2) is 19.8. The van der Waals surface area contributed by atoms with Gasteiger partial charge in [-0.2, -0.15) is 0 Å². The Balaban J connectivity index is 1.78. The minimum Gasteiger partial charge on any atom is -0.477 e. The Morgan fingerprint density at radius 1 is 0.684 bits per heavy atom. The summed E-state index contributed by atoms with van der Waals surface area (Å²) in [7, 11) is 0. The summed E-state index contributed by atoms with van der Waals surface area (Å²) >= 11 is 0. The summed E-state index contributed by atoms with van der Waals surface area (Å²) in [5, 5.41) is 151. The van der Waals surface area contributed by atoms with Crippen LogP contribution in [0.15, 0.2) is 0 Å². The van der Waals surface area contributed by atoms with Crippen molar-refractivity contribution in [3.05, 3.63) is 0 Å². The van der Waals surface area contributed by atoms with E-state index in [2.05, 4.69) is 10.6 Å². The maximum absolute atomic E-state index is 13.3. The van der Waals surface area contributed by atoms with Crippen LogP contribution in [0.5, 0.6) is 0 Å². The van der Waals surface area contributed by atoms with Gasteiger partial charge in [0.2, 0.25) is 11.8 Å². The van der Waals surface area contributed by atoms with Gasteiger partial charge >= 0.3 is 5.97 Å². The molecule has 4 rings (SSSR count). The lowest BCUT2D eigenvalue weighted by molar-refractivity contribution is -0.389. The fourth-order valence-electron chi connectivity index (χ4n) is 7.03. The smallest absolute Gasteiger partial charge is 0.364 e. The Hall–Kier alpha value is -2.39. The van der Waals surface area contributed by atoms with E-state index in [9.17, 15) is 85.9 Å². The molecule has 0 aromatic carbocycles. The standard InChI is InChI=1S/C31H52N2O24/c1-8(38)32-15-11(52-28-16(33-9(2)39)20(44)18(42)12(5-35)53-28)3-31(30(49)50,56-25(15)17(41)10(40)4-34)57-26-19(43)13(6-36)54-29(23(26)47)55-24-14(7-37)51-27(48)22(46)21(24)45/h10-29,34-37,40-48H,3-7H2,1-2H3,(H,32,38)(H,33,39)(H,49,50)/t10-,11+,12-,13-,14-,15-,16-,17-,18+,19+,20-,21-,22-,23-,24-,25-,26+,27?,28-,29+,31+/m1/s1. The van der Waals surface area contributed by atoms with E-state index in [4.69, 9.17) is 33.2 Å². The zero-order valence-corrected chi connectivity index (χ0v) is 30.4. The summed E-state index contributed by atoms with van der Waals surface area (Å²) in [6.07, 6.45) is -36.8. The van der Waals surface area contributed by atoms with Crippen molar-refractivity contribution < 1.29 is 119 Å². The summed E-state index contributed by atoms with van der Waals surface area (Å²) < 4.78 is 39.2. The second-order valence-electron chi connectivity index (χ2n) is 14.0. The van der Waals surface area contributed by atoms with Crippen molar-refractivity contribution in [3.8, 4) is 0 Å². The summed E-state index contributed by atoms with van der Waals surface area (Å²) in [4.78, 5) is 37.9. The first-order chi connectivity index (χ1) is 26.7. The van der Waals surface area contributed by atoms with Crippen LogP contribution in [-0.2, 0) is 47.5 Å². The number of ether oxygens (including phenoxy) is 7. The van der Waals surface area contributed by atoms with Crippen LogP contribution in [0.25, 0.3) is 0 Å². The van der Waals surface area contributed by atoms with E-state index in [0.29, 0.717) is 0 Å². The highest BCUT2D eigenvalue weighted by atomic mass is 16.8. The molecule has 0 aromatic rings. The molecule has 4 fully saturated rings. The average Bonchev–Trinajstić information content (AvgIpc) is 3.16. The number of carboxylic acids is 1. The van der Waals surface area contributed by atoms with Gasteiger partial charge < -0.3 is 115 Å². The molecule has 2 amide bonds. The van der Waals surface area contributed by atoms with Crippen LogP contribution in [-0.4, -0.2) is 244 Å². The molecule has 0 aromatic heterocycles. The lowest BCUT2D eigenvalue weighted by Crippen LogP contribution is -2.72. The van der Waals surface area contributed by atoms with Crippen LogP contribution < -0.4 is 10.6 Å². The van der Waals surface area contributed by atoms with Gasteiger partial charge in [-0.05, 0) is 0 Å². The Morgan fingerprint density at radius 3 is 1.79 bits per heavy atom. The van der Waals surface area contributed by atoms with Crippen LogP contribution in [0, 0.1) is 0 Å². The largest absolute Gasteiger partial charge is 0.477 e. The van der Waals surface area contributed by atoms with E-state index < -0.39 is 179 Å². The van der Waals surface area contributed by atoms with Crippen molar-refractivity contribution in [2.75, 3.05) is 26.4 Å². The van der Waals surface area contributed by atoms with Crippen LogP contribution in [0.2, 0.25) is 0 Å². The number of hydrogen-bond donors (Lipinski definition) is 16. The van der Waals surface area contributed by atoms with Gasteiger partial charge in [0.1, 0.15) is 91.5 Å². The molecular weight excluding hydrogens is 784 g/mol. The summed E-state index contributed by atoms with van der Waals surface area (Å²) in [6, 6.07) is -3.39. The lowest BCUT2D eigenvalue weighted by atomic mass is 9.87. The highest BCUT2D eigenvalue weighted by Crippen LogP contribution is 2.40. The molecule has 4 saturated heterocycles. The summed E-state index contributed by atoms with van der Waals surface area (Å²) in [5.41, 5.74) is 0. The van der Waals surface area contributed by atoms with Crippen LogP contribution in [0.3, 0.4) is 0 Å². The van der Waals surface area contributed by atoms with Crippen molar-refractivity contribution >= 4 is 17.8 Å². The molecule has 4 heterocycles. The molecule has 0 aliphatic carbocycles. The van der Waals surface area contributed by atoms with Gasteiger partial charge in [0, 0.05) is 20.3 Å². The number of carbonyl (C=O) groups is 3. The molecule has 26 nitrogen and oxygen atoms in total. The van der Waals surface area contributed by atoms with E-state index in [1.807, 2.05) is 0 Å². The fourth-order valence-corrected chi connectivity index (χ4v) is 7.03. The SMILES string of the molecule is CC(=O)N[C@H]1[C@H](O[C@H]2C[C@](O[C@H]3[C@@H](O)[C@@H](CO)O[C@@H](O[C@H]4[C@H](O)[C@@H](O)C(O)O[C@@H]4CO)[C@@H]3O)(C(=O)O)O[C@@H]([C@H](O)[C@H](O)CO)[C@@H]2NC(C)=O)O[C@H](CO)[C@H](O)[C@@H]1O. The zero-order valence-electron chi connectivity index (χ0n) is 30.4. The van der Waals surface area contributed by atoms with Gasteiger partial charge in [-0.3, -0.25) is 9.59 Å². The maximum atomic E-state index is 13.3. The van der Waals surface area contributed by atoms with E-state index in [1.54, 1.807) is 0 Å². The van der Waals surface area contributed by atoms with Crippen LogP contribution >= 0.6 is 0 Å². The fraction of sp³-hybridized carbons (Fsp3) is 0.903. The first kappa shape index (κ1) is 47.3. The molecule has 1 unspecified atom stereocenters. The molecule has 16 N–H and O–H groups in total. The molecule has 4 aliphatic rings. The number of nitrogens with one attached hydrogen (secondary N) is 2. The summed E-state index contributed by atoms with van der Waals surface area (Å²) in [6.45, 7) is -2.07. The van der Waals surface area contributed by atoms with Crippen molar-refractivity contribution in [2.24, 2.45) is 0 Å². The first-order valence-electron chi connectivity index (χ1n) is 17.7. The van der Waals surface area contributed by atoms with E-state index in [-0.39, 0.29) is 0 Å². The maximum Gasteiger partial charge on any atom is 0.364 e. The highest BCUT2D eigenvalue weighted by molar-refractivity contribution is 5.77. The van der Waals surface area contributed by atoms with E-state index in [0.717, 1.165) is 13.8 Å². The molecule has 4 aliphatic heterocycles. The number of aliphatic hydroxyl groups excluding tert-OH is 13. The van der Waals surface area contributed by atoms with E-state index >= 15 is 0 Å². The number of carbonyl (C=O) groups excluding carboxylic acids is 2. The number of aliphatic hydroxyl groups is 13. The zero-order chi connectivity index (χ0) is 42.7.